The first kappa shape index (κ1) is 18.1. The van der Waals surface area contributed by atoms with Gasteiger partial charge in [0.05, 0.1) is 19.4 Å². The molecule has 6 nitrogen and oxygen atoms in total. The van der Waals surface area contributed by atoms with Gasteiger partial charge in [0, 0.05) is 5.56 Å². The fourth-order valence-corrected chi connectivity index (χ4v) is 1.93. The first-order chi connectivity index (χ1) is 12.1. The normalized spacial score (nSPS) is 10.5. The van der Waals surface area contributed by atoms with Crippen molar-refractivity contribution in [2.75, 3.05) is 13.2 Å². The Labute approximate surface area is 144 Å². The number of hydrogen-bond acceptors (Lipinski definition) is 4. The lowest BCUT2D eigenvalue weighted by Gasteiger charge is -2.04. The summed E-state index contributed by atoms with van der Waals surface area (Å²) in [4.78, 5) is 23.4. The highest BCUT2D eigenvalue weighted by atomic mass is 19.1. The molecule has 130 valence electrons. The van der Waals surface area contributed by atoms with E-state index in [9.17, 15) is 14.0 Å². The molecule has 0 aliphatic rings. The van der Waals surface area contributed by atoms with E-state index in [0.29, 0.717) is 6.61 Å². The van der Waals surface area contributed by atoms with Gasteiger partial charge >= 0.3 is 0 Å². The molecule has 0 aliphatic carbocycles. The van der Waals surface area contributed by atoms with E-state index >= 15 is 0 Å². The van der Waals surface area contributed by atoms with E-state index in [1.165, 1.54) is 24.4 Å². The van der Waals surface area contributed by atoms with E-state index in [1.54, 1.807) is 24.3 Å². The number of nitrogens with one attached hydrogen (secondary N) is 2. The molecule has 0 heterocycles. The Morgan fingerprint density at radius 1 is 1.20 bits per heavy atom. The maximum absolute atomic E-state index is 13.0. The second kappa shape index (κ2) is 9.17. The van der Waals surface area contributed by atoms with Gasteiger partial charge in [-0.05, 0) is 55.0 Å². The summed E-state index contributed by atoms with van der Waals surface area (Å²) in [5.41, 5.74) is 3.23. The van der Waals surface area contributed by atoms with Gasteiger partial charge in [0.15, 0.2) is 0 Å². The fraction of sp³-hybridized carbons (Fsp3) is 0.167. The quantitative estimate of drug-likeness (QED) is 0.597. The van der Waals surface area contributed by atoms with Gasteiger partial charge in [-0.2, -0.15) is 5.10 Å². The number of rotatable bonds is 7. The average molecular weight is 343 g/mol. The van der Waals surface area contributed by atoms with Crippen LogP contribution < -0.4 is 15.5 Å². The number of ether oxygens (including phenoxy) is 1. The van der Waals surface area contributed by atoms with E-state index in [2.05, 4.69) is 15.8 Å². The summed E-state index contributed by atoms with van der Waals surface area (Å²) in [5.74, 6) is -0.794. The Hall–Kier alpha value is -3.22. The number of carbonyl (C=O) groups is 2. The third-order valence-corrected chi connectivity index (χ3v) is 3.09. The number of benzene rings is 2. The van der Waals surface area contributed by atoms with E-state index < -0.39 is 17.6 Å². The van der Waals surface area contributed by atoms with Crippen LogP contribution in [0.4, 0.5) is 4.39 Å². The van der Waals surface area contributed by atoms with Gasteiger partial charge in [-0.1, -0.05) is 6.07 Å². The van der Waals surface area contributed by atoms with Crippen LogP contribution in [-0.4, -0.2) is 31.2 Å². The highest BCUT2D eigenvalue weighted by Crippen LogP contribution is 2.10. The number of halogens is 1. The molecule has 0 atom stereocenters. The molecule has 0 saturated heterocycles. The number of hydrazone groups is 1. The molecule has 0 radical (unpaired) electrons. The molecule has 2 aromatic carbocycles. The molecule has 0 aromatic heterocycles. The molecule has 2 rings (SSSR count). The highest BCUT2D eigenvalue weighted by Gasteiger charge is 2.08. The van der Waals surface area contributed by atoms with Crippen molar-refractivity contribution >= 4 is 18.0 Å². The van der Waals surface area contributed by atoms with Crippen molar-refractivity contribution in [1.29, 1.82) is 0 Å². The minimum atomic E-state index is -0.537. The van der Waals surface area contributed by atoms with Crippen LogP contribution in [0.3, 0.4) is 0 Å². The van der Waals surface area contributed by atoms with Gasteiger partial charge in [0.25, 0.3) is 11.8 Å². The molecule has 0 unspecified atom stereocenters. The van der Waals surface area contributed by atoms with Crippen LogP contribution in [0.5, 0.6) is 5.75 Å². The van der Waals surface area contributed by atoms with Gasteiger partial charge in [-0.3, -0.25) is 9.59 Å². The molecule has 0 aliphatic heterocycles. The van der Waals surface area contributed by atoms with Gasteiger partial charge in [0.2, 0.25) is 0 Å². The van der Waals surface area contributed by atoms with Crippen LogP contribution >= 0.6 is 0 Å². The van der Waals surface area contributed by atoms with E-state index in [4.69, 9.17) is 4.74 Å². The van der Waals surface area contributed by atoms with Crippen molar-refractivity contribution in [3.63, 3.8) is 0 Å². The number of carbonyl (C=O) groups excluding carboxylic acids is 2. The smallest absolute Gasteiger partial charge is 0.259 e. The van der Waals surface area contributed by atoms with E-state index in [0.717, 1.165) is 17.4 Å². The number of amides is 2. The summed E-state index contributed by atoms with van der Waals surface area (Å²) in [6.07, 6.45) is 1.47. The Morgan fingerprint density at radius 2 is 1.96 bits per heavy atom. The summed E-state index contributed by atoms with van der Waals surface area (Å²) in [7, 11) is 0. The minimum Gasteiger partial charge on any atom is -0.494 e. The molecule has 0 bridgehead atoms. The second-order valence-electron chi connectivity index (χ2n) is 4.99. The largest absolute Gasteiger partial charge is 0.494 e. The molecule has 2 aromatic rings. The molecule has 0 fully saturated rings. The topological polar surface area (TPSA) is 79.8 Å². The maximum atomic E-state index is 13.0. The molecule has 2 amide bonds. The third-order valence-electron chi connectivity index (χ3n) is 3.09. The van der Waals surface area contributed by atoms with Crippen molar-refractivity contribution in [3.8, 4) is 5.75 Å². The molecule has 7 heteroatoms. The van der Waals surface area contributed by atoms with Crippen LogP contribution in [-0.2, 0) is 4.79 Å². The van der Waals surface area contributed by atoms with Gasteiger partial charge in [-0.25, -0.2) is 9.82 Å². The van der Waals surface area contributed by atoms with Gasteiger partial charge in [0.1, 0.15) is 11.6 Å². The summed E-state index contributed by atoms with van der Waals surface area (Å²) >= 11 is 0. The average Bonchev–Trinajstić information content (AvgIpc) is 2.61. The first-order valence-electron chi connectivity index (χ1n) is 7.67. The maximum Gasteiger partial charge on any atom is 0.259 e. The summed E-state index contributed by atoms with van der Waals surface area (Å²) in [6.45, 7) is 2.22. The predicted molar refractivity (Wildman–Crippen MR) is 92.1 cm³/mol. The number of hydrogen-bond donors (Lipinski definition) is 2. The fourth-order valence-electron chi connectivity index (χ4n) is 1.93. The number of nitrogens with zero attached hydrogens (tertiary/aromatic N) is 1. The van der Waals surface area contributed by atoms with Crippen molar-refractivity contribution in [3.05, 3.63) is 65.5 Å². The molecule has 25 heavy (non-hydrogen) atoms. The molecule has 2 N–H and O–H groups in total. The van der Waals surface area contributed by atoms with E-state index in [1.807, 2.05) is 6.92 Å². The Morgan fingerprint density at radius 3 is 2.64 bits per heavy atom. The Bertz CT molecular complexity index is 760. The molecule has 0 saturated carbocycles. The van der Waals surface area contributed by atoms with Crippen LogP contribution in [0.1, 0.15) is 22.8 Å². The van der Waals surface area contributed by atoms with Crippen molar-refractivity contribution < 1.29 is 18.7 Å². The van der Waals surface area contributed by atoms with Crippen molar-refractivity contribution in [1.82, 2.24) is 10.7 Å². The van der Waals surface area contributed by atoms with Gasteiger partial charge in [-0.15, -0.1) is 0 Å². The monoisotopic (exact) mass is 343 g/mol. The lowest BCUT2D eigenvalue weighted by atomic mass is 10.2. The lowest BCUT2D eigenvalue weighted by Crippen LogP contribution is -2.34. The zero-order valence-corrected chi connectivity index (χ0v) is 13.7. The minimum absolute atomic E-state index is 0.144. The summed E-state index contributed by atoms with van der Waals surface area (Å²) < 4.78 is 18.4. The zero-order valence-electron chi connectivity index (χ0n) is 13.7. The summed E-state index contributed by atoms with van der Waals surface area (Å²) in [6, 6.07) is 12.4. The van der Waals surface area contributed by atoms with Crippen LogP contribution in [0.25, 0.3) is 0 Å². The summed E-state index contributed by atoms with van der Waals surface area (Å²) in [5, 5.41) is 6.19. The standard InChI is InChI=1S/C18H18FN3O3/c1-2-25-16-8-6-13(7-9-16)11-21-22-17(23)12-20-18(24)14-4-3-5-15(19)10-14/h3-11H,2,12H2,1H3,(H,20,24)(H,22,23)/b21-11-. The SMILES string of the molecule is CCOc1ccc(/C=N\NC(=O)CNC(=O)c2cccc(F)c2)cc1. The lowest BCUT2D eigenvalue weighted by molar-refractivity contribution is -0.120. The van der Waals surface area contributed by atoms with Crippen molar-refractivity contribution in [2.45, 2.75) is 6.92 Å². The predicted octanol–water partition coefficient (Wildman–Crippen LogP) is 2.10. The second-order valence-corrected chi connectivity index (χ2v) is 4.99. The zero-order chi connectivity index (χ0) is 18.1. The Kier molecular flexibility index (Phi) is 6.65. The Balaban J connectivity index is 1.77. The molecular formula is C18H18FN3O3. The van der Waals surface area contributed by atoms with Crippen molar-refractivity contribution in [2.24, 2.45) is 5.10 Å². The van der Waals surface area contributed by atoms with Crippen LogP contribution in [0, 0.1) is 5.82 Å². The van der Waals surface area contributed by atoms with Crippen LogP contribution in [0.2, 0.25) is 0 Å². The first-order valence-corrected chi connectivity index (χ1v) is 7.67. The third kappa shape index (κ3) is 6.06. The van der Waals surface area contributed by atoms with Crippen LogP contribution in [0.15, 0.2) is 53.6 Å². The highest BCUT2D eigenvalue weighted by molar-refractivity contribution is 5.96. The molecular weight excluding hydrogens is 325 g/mol. The molecule has 0 spiro atoms. The van der Waals surface area contributed by atoms with E-state index in [-0.39, 0.29) is 12.1 Å². The van der Waals surface area contributed by atoms with Gasteiger partial charge < -0.3 is 10.1 Å².